The second kappa shape index (κ2) is 8.31. The van der Waals surface area contributed by atoms with Gasteiger partial charge in [-0.2, -0.15) is 0 Å². The smallest absolute Gasteiger partial charge is 0.294 e. The van der Waals surface area contributed by atoms with Gasteiger partial charge in [0.15, 0.2) is 0 Å². The highest BCUT2D eigenvalue weighted by Gasteiger charge is 2.37. The molecule has 0 bridgehead atoms. The molecule has 1 aromatic heterocycles. The van der Waals surface area contributed by atoms with E-state index >= 15 is 0 Å². The van der Waals surface area contributed by atoms with Crippen LogP contribution in [0.2, 0.25) is 0 Å². The van der Waals surface area contributed by atoms with E-state index in [2.05, 4.69) is 4.57 Å². The molecule has 0 atom stereocenters. The van der Waals surface area contributed by atoms with Gasteiger partial charge in [-0.15, -0.1) is 0 Å². The lowest BCUT2D eigenvalue weighted by Gasteiger charge is -2.18. The highest BCUT2D eigenvalue weighted by Crippen LogP contribution is 2.33. The Balaban J connectivity index is 1.75. The van der Waals surface area contributed by atoms with Crippen molar-refractivity contribution in [3.63, 3.8) is 0 Å². The molecule has 7 nitrogen and oxygen atoms in total. The topological polar surface area (TPSA) is 71.8 Å². The van der Waals surface area contributed by atoms with E-state index < -0.39 is 0 Å². The predicted molar refractivity (Wildman–Crippen MR) is 104 cm³/mol. The second-order valence-corrected chi connectivity index (χ2v) is 7.82. The molecule has 2 aliphatic heterocycles. The van der Waals surface area contributed by atoms with Crippen LogP contribution in [-0.2, 0) is 20.9 Å². The number of nitrogens with zero attached hydrogens (tertiary/aromatic N) is 3. The largest absolute Gasteiger partial charge is 0.383 e. The Kier molecular flexibility index (Phi) is 6.06. The molecule has 3 rings (SSSR count). The van der Waals surface area contributed by atoms with Gasteiger partial charge in [-0.05, 0) is 56.2 Å². The molecule has 146 valence electrons. The average molecular weight is 391 g/mol. The third kappa shape index (κ3) is 4.11. The summed E-state index contributed by atoms with van der Waals surface area (Å²) in [6.07, 6.45) is 3.70. The van der Waals surface area contributed by atoms with Crippen molar-refractivity contribution in [3.8, 4) is 0 Å². The number of amides is 3. The number of hydrogen-bond acceptors (Lipinski definition) is 5. The van der Waals surface area contributed by atoms with Crippen molar-refractivity contribution in [2.24, 2.45) is 0 Å². The van der Waals surface area contributed by atoms with E-state index in [1.54, 1.807) is 18.1 Å². The number of thioether (sulfide) groups is 1. The second-order valence-electron chi connectivity index (χ2n) is 6.83. The van der Waals surface area contributed by atoms with Crippen molar-refractivity contribution in [2.45, 2.75) is 33.2 Å². The van der Waals surface area contributed by atoms with Crippen LogP contribution < -0.4 is 0 Å². The minimum Gasteiger partial charge on any atom is -0.383 e. The van der Waals surface area contributed by atoms with E-state index in [0.29, 0.717) is 24.6 Å². The molecule has 0 aromatic carbocycles. The standard InChI is InChI=1S/C19H25N3O4S/c1-13-10-15(14(2)21(13)8-9-26-3)11-16-18(24)22(19(25)27-16)12-17(23)20-6-4-5-7-20/h10-11H,4-9,12H2,1-3H3/b16-11-. The predicted octanol–water partition coefficient (Wildman–Crippen LogP) is 2.41. The monoisotopic (exact) mass is 391 g/mol. The SMILES string of the molecule is COCCn1c(C)cc(/C=C2\SC(=O)N(CC(=O)N3CCCC3)C2=O)c1C. The molecular weight excluding hydrogens is 366 g/mol. The van der Waals surface area contributed by atoms with Crippen LogP contribution in [-0.4, -0.2) is 64.8 Å². The summed E-state index contributed by atoms with van der Waals surface area (Å²) >= 11 is 0.897. The third-order valence-corrected chi connectivity index (χ3v) is 5.95. The molecule has 2 saturated heterocycles. The van der Waals surface area contributed by atoms with E-state index in [1.165, 1.54) is 0 Å². The summed E-state index contributed by atoms with van der Waals surface area (Å²) in [4.78, 5) is 40.4. The summed E-state index contributed by atoms with van der Waals surface area (Å²) in [5.41, 5.74) is 2.99. The Morgan fingerprint density at radius 2 is 1.96 bits per heavy atom. The third-order valence-electron chi connectivity index (χ3n) is 5.04. The number of imide groups is 1. The van der Waals surface area contributed by atoms with Gasteiger partial charge >= 0.3 is 0 Å². The number of rotatable bonds is 6. The zero-order valence-electron chi connectivity index (χ0n) is 16.0. The van der Waals surface area contributed by atoms with Gasteiger partial charge < -0.3 is 14.2 Å². The van der Waals surface area contributed by atoms with Crippen molar-refractivity contribution >= 4 is 34.9 Å². The number of carbonyl (C=O) groups is 3. The number of methoxy groups -OCH3 is 1. The van der Waals surface area contributed by atoms with Crippen LogP contribution in [0.1, 0.15) is 29.8 Å². The minimum atomic E-state index is -0.390. The van der Waals surface area contributed by atoms with Gasteiger partial charge in [0.05, 0.1) is 11.5 Å². The van der Waals surface area contributed by atoms with Crippen LogP contribution in [0.4, 0.5) is 4.79 Å². The lowest BCUT2D eigenvalue weighted by Crippen LogP contribution is -2.40. The molecule has 0 radical (unpaired) electrons. The summed E-state index contributed by atoms with van der Waals surface area (Å²) in [6.45, 7) is 6.56. The highest BCUT2D eigenvalue weighted by atomic mass is 32.2. The van der Waals surface area contributed by atoms with Crippen molar-refractivity contribution < 1.29 is 19.1 Å². The van der Waals surface area contributed by atoms with E-state index in [-0.39, 0.29) is 23.6 Å². The molecule has 1 aromatic rings. The van der Waals surface area contributed by atoms with Crippen LogP contribution >= 0.6 is 11.8 Å². The van der Waals surface area contributed by atoms with Crippen LogP contribution in [0.5, 0.6) is 0 Å². The fourth-order valence-electron chi connectivity index (χ4n) is 3.48. The lowest BCUT2D eigenvalue weighted by atomic mass is 10.2. The molecule has 0 unspecified atom stereocenters. The number of hydrogen-bond donors (Lipinski definition) is 0. The zero-order chi connectivity index (χ0) is 19.6. The van der Waals surface area contributed by atoms with Gasteiger partial charge in [0.1, 0.15) is 6.54 Å². The number of likely N-dealkylation sites (tertiary alicyclic amines) is 1. The molecule has 0 aliphatic carbocycles. The Morgan fingerprint density at radius 3 is 2.63 bits per heavy atom. The minimum absolute atomic E-state index is 0.159. The summed E-state index contributed by atoms with van der Waals surface area (Å²) in [7, 11) is 1.66. The van der Waals surface area contributed by atoms with Crippen LogP contribution in [0.25, 0.3) is 6.08 Å². The first-order valence-corrected chi connectivity index (χ1v) is 9.93. The normalized spacial score (nSPS) is 19.0. The zero-order valence-corrected chi connectivity index (χ0v) is 16.8. The van der Waals surface area contributed by atoms with Gasteiger partial charge in [0, 0.05) is 38.1 Å². The molecule has 0 saturated carbocycles. The fraction of sp³-hybridized carbons (Fsp3) is 0.526. The molecular formula is C19H25N3O4S. The van der Waals surface area contributed by atoms with Crippen molar-refractivity contribution in [1.29, 1.82) is 0 Å². The molecule has 2 fully saturated rings. The Bertz CT molecular complexity index is 793. The molecule has 27 heavy (non-hydrogen) atoms. The average Bonchev–Trinajstić information content (AvgIpc) is 3.32. The number of ether oxygens (including phenoxy) is 1. The first kappa shape index (κ1) is 19.7. The highest BCUT2D eigenvalue weighted by molar-refractivity contribution is 8.18. The maximum Gasteiger partial charge on any atom is 0.294 e. The van der Waals surface area contributed by atoms with Gasteiger partial charge in [-0.1, -0.05) is 0 Å². The van der Waals surface area contributed by atoms with Gasteiger partial charge in [-0.3, -0.25) is 19.3 Å². The lowest BCUT2D eigenvalue weighted by molar-refractivity contribution is -0.135. The Morgan fingerprint density at radius 1 is 1.26 bits per heavy atom. The fourth-order valence-corrected chi connectivity index (χ4v) is 4.31. The van der Waals surface area contributed by atoms with E-state index in [1.807, 2.05) is 19.9 Å². The van der Waals surface area contributed by atoms with Crippen LogP contribution in [0.3, 0.4) is 0 Å². The summed E-state index contributed by atoms with van der Waals surface area (Å²) in [5, 5.41) is -0.382. The molecule has 3 heterocycles. The number of aryl methyl sites for hydroxylation is 1. The first-order chi connectivity index (χ1) is 12.9. The quantitative estimate of drug-likeness (QED) is 0.697. The Hall–Kier alpha value is -2.06. The van der Waals surface area contributed by atoms with Gasteiger partial charge in [-0.25, -0.2) is 0 Å². The maximum absolute atomic E-state index is 12.7. The van der Waals surface area contributed by atoms with E-state index in [0.717, 1.165) is 53.0 Å². The van der Waals surface area contributed by atoms with Crippen LogP contribution in [0.15, 0.2) is 11.0 Å². The molecule has 8 heteroatoms. The van der Waals surface area contributed by atoms with Crippen LogP contribution in [0, 0.1) is 13.8 Å². The summed E-state index contributed by atoms with van der Waals surface area (Å²) < 4.78 is 7.26. The molecule has 0 spiro atoms. The van der Waals surface area contributed by atoms with Crippen molar-refractivity contribution in [1.82, 2.24) is 14.4 Å². The summed E-state index contributed by atoms with van der Waals surface area (Å²) in [5.74, 6) is -0.548. The molecule has 0 N–H and O–H groups in total. The van der Waals surface area contributed by atoms with Crippen molar-refractivity contribution in [2.75, 3.05) is 33.4 Å². The molecule has 3 amide bonds. The van der Waals surface area contributed by atoms with Gasteiger partial charge in [0.2, 0.25) is 5.91 Å². The van der Waals surface area contributed by atoms with E-state index in [4.69, 9.17) is 4.74 Å². The van der Waals surface area contributed by atoms with E-state index in [9.17, 15) is 14.4 Å². The van der Waals surface area contributed by atoms with Gasteiger partial charge in [0.25, 0.3) is 11.1 Å². The molecule has 2 aliphatic rings. The first-order valence-electron chi connectivity index (χ1n) is 9.11. The summed E-state index contributed by atoms with van der Waals surface area (Å²) in [6, 6.07) is 1.99. The maximum atomic E-state index is 12.7. The number of aromatic nitrogens is 1. The number of carbonyl (C=O) groups excluding carboxylic acids is 3. The Labute approximate surface area is 163 Å². The van der Waals surface area contributed by atoms with Crippen molar-refractivity contribution in [3.05, 3.63) is 27.9 Å².